The van der Waals surface area contributed by atoms with E-state index in [1.807, 2.05) is 11.8 Å². The Morgan fingerprint density at radius 3 is 2.22 bits per heavy atom. The summed E-state index contributed by atoms with van der Waals surface area (Å²) in [6.07, 6.45) is 9.28. The monoisotopic (exact) mass is 261 g/mol. The lowest BCUT2D eigenvalue weighted by Gasteiger charge is -2.57. The SMILES string of the molecule is CCS/C=C(\CC#N)C12CC3CC(CC(C3)C1)C2. The minimum atomic E-state index is 0.437. The van der Waals surface area contributed by atoms with Gasteiger partial charge in [0.1, 0.15) is 0 Å². The summed E-state index contributed by atoms with van der Waals surface area (Å²) >= 11 is 1.89. The molecular weight excluding hydrogens is 238 g/mol. The van der Waals surface area contributed by atoms with Crippen molar-refractivity contribution in [2.24, 2.45) is 23.2 Å². The number of nitriles is 1. The van der Waals surface area contributed by atoms with Crippen molar-refractivity contribution in [1.29, 1.82) is 5.26 Å². The van der Waals surface area contributed by atoms with E-state index in [1.165, 1.54) is 44.1 Å². The molecule has 4 rings (SSSR count). The van der Waals surface area contributed by atoms with E-state index in [4.69, 9.17) is 5.26 Å². The Hall–Kier alpha value is -0.420. The van der Waals surface area contributed by atoms with Crippen LogP contribution < -0.4 is 0 Å². The minimum absolute atomic E-state index is 0.437. The van der Waals surface area contributed by atoms with Gasteiger partial charge in [-0.3, -0.25) is 0 Å². The van der Waals surface area contributed by atoms with Crippen molar-refractivity contribution in [3.8, 4) is 6.07 Å². The molecule has 0 aliphatic heterocycles. The van der Waals surface area contributed by atoms with E-state index in [9.17, 15) is 0 Å². The first-order chi connectivity index (χ1) is 8.75. The van der Waals surface area contributed by atoms with Crippen molar-refractivity contribution in [3.63, 3.8) is 0 Å². The molecule has 4 aliphatic carbocycles. The highest BCUT2D eigenvalue weighted by Gasteiger charge is 2.52. The topological polar surface area (TPSA) is 23.8 Å². The molecule has 4 fully saturated rings. The second-order valence-electron chi connectivity index (χ2n) is 6.63. The van der Waals surface area contributed by atoms with Crippen LogP contribution in [0.5, 0.6) is 0 Å². The van der Waals surface area contributed by atoms with Crippen LogP contribution in [0.3, 0.4) is 0 Å². The summed E-state index contributed by atoms with van der Waals surface area (Å²) in [6.45, 7) is 2.20. The maximum atomic E-state index is 9.14. The van der Waals surface area contributed by atoms with Crippen LogP contribution in [0.1, 0.15) is 51.9 Å². The average molecular weight is 261 g/mol. The van der Waals surface area contributed by atoms with Crippen LogP contribution in [0.2, 0.25) is 0 Å². The lowest BCUT2D eigenvalue weighted by molar-refractivity contribution is -0.0311. The molecule has 0 aromatic rings. The lowest BCUT2D eigenvalue weighted by Crippen LogP contribution is -2.46. The van der Waals surface area contributed by atoms with E-state index in [2.05, 4.69) is 18.4 Å². The second-order valence-corrected chi connectivity index (χ2v) is 7.78. The van der Waals surface area contributed by atoms with Gasteiger partial charge in [-0.1, -0.05) is 6.92 Å². The van der Waals surface area contributed by atoms with Crippen LogP contribution in [-0.2, 0) is 0 Å². The molecule has 98 valence electrons. The van der Waals surface area contributed by atoms with Crippen molar-refractivity contribution in [2.45, 2.75) is 51.9 Å². The van der Waals surface area contributed by atoms with Crippen LogP contribution in [0.15, 0.2) is 11.0 Å². The number of rotatable bonds is 4. The number of allylic oxidation sites excluding steroid dienone is 1. The Morgan fingerprint density at radius 2 is 1.78 bits per heavy atom. The first kappa shape index (κ1) is 12.6. The fraction of sp³-hybridized carbons (Fsp3) is 0.812. The predicted molar refractivity (Wildman–Crippen MR) is 77.1 cm³/mol. The molecule has 0 N–H and O–H groups in total. The Balaban J connectivity index is 1.86. The Bertz CT molecular complexity index is 355. The third-order valence-electron chi connectivity index (χ3n) is 5.38. The van der Waals surface area contributed by atoms with Gasteiger partial charge in [-0.05, 0) is 78.4 Å². The molecule has 0 heterocycles. The highest BCUT2D eigenvalue weighted by atomic mass is 32.2. The molecule has 0 saturated heterocycles. The molecule has 0 spiro atoms. The molecule has 4 aliphatic rings. The zero-order valence-corrected chi connectivity index (χ0v) is 12.1. The summed E-state index contributed by atoms with van der Waals surface area (Å²) in [4.78, 5) is 0. The summed E-state index contributed by atoms with van der Waals surface area (Å²) < 4.78 is 0. The summed E-state index contributed by atoms with van der Waals surface area (Å²) in [5, 5.41) is 11.5. The fourth-order valence-corrected chi connectivity index (χ4v) is 5.83. The van der Waals surface area contributed by atoms with E-state index in [0.29, 0.717) is 11.8 Å². The summed E-state index contributed by atoms with van der Waals surface area (Å²) in [5.74, 6) is 4.06. The molecule has 0 amide bonds. The first-order valence-corrected chi connectivity index (χ1v) is 8.48. The number of nitrogens with zero attached hydrogens (tertiary/aromatic N) is 1. The molecule has 0 aromatic heterocycles. The Morgan fingerprint density at radius 1 is 1.22 bits per heavy atom. The van der Waals surface area contributed by atoms with Gasteiger partial charge in [0, 0.05) is 0 Å². The highest BCUT2D eigenvalue weighted by Crippen LogP contribution is 2.63. The van der Waals surface area contributed by atoms with Crippen molar-refractivity contribution in [2.75, 3.05) is 5.75 Å². The summed E-state index contributed by atoms with van der Waals surface area (Å²) in [7, 11) is 0. The maximum Gasteiger partial charge on any atom is 0.0666 e. The molecule has 0 aromatic carbocycles. The number of thioether (sulfide) groups is 1. The Kier molecular flexibility index (Phi) is 3.45. The van der Waals surface area contributed by atoms with Crippen LogP contribution in [0, 0.1) is 34.5 Å². The normalized spacial score (nSPS) is 42.0. The number of hydrogen-bond acceptors (Lipinski definition) is 2. The van der Waals surface area contributed by atoms with Gasteiger partial charge in [-0.15, -0.1) is 11.8 Å². The third-order valence-corrected chi connectivity index (χ3v) is 6.17. The van der Waals surface area contributed by atoms with Crippen molar-refractivity contribution >= 4 is 11.8 Å². The predicted octanol–water partition coefficient (Wildman–Crippen LogP) is 4.75. The smallest absolute Gasteiger partial charge is 0.0666 e. The molecular formula is C16H23NS. The third kappa shape index (κ3) is 2.11. The van der Waals surface area contributed by atoms with Gasteiger partial charge < -0.3 is 0 Å². The summed E-state index contributed by atoms with van der Waals surface area (Å²) in [6, 6.07) is 2.42. The largest absolute Gasteiger partial charge is 0.198 e. The highest BCUT2D eigenvalue weighted by molar-refractivity contribution is 8.02. The van der Waals surface area contributed by atoms with Crippen LogP contribution in [0.25, 0.3) is 0 Å². The maximum absolute atomic E-state index is 9.14. The van der Waals surface area contributed by atoms with Crippen LogP contribution in [-0.4, -0.2) is 5.75 Å². The van der Waals surface area contributed by atoms with E-state index < -0.39 is 0 Å². The molecule has 0 unspecified atom stereocenters. The van der Waals surface area contributed by atoms with E-state index in [-0.39, 0.29) is 0 Å². The number of hydrogen-bond donors (Lipinski definition) is 0. The fourth-order valence-electron chi connectivity index (χ4n) is 5.13. The van der Waals surface area contributed by atoms with Gasteiger partial charge >= 0.3 is 0 Å². The molecule has 18 heavy (non-hydrogen) atoms. The zero-order valence-electron chi connectivity index (χ0n) is 11.3. The summed E-state index contributed by atoms with van der Waals surface area (Å²) in [5.41, 5.74) is 1.92. The molecule has 4 saturated carbocycles. The lowest BCUT2D eigenvalue weighted by atomic mass is 9.47. The van der Waals surface area contributed by atoms with Gasteiger partial charge in [0.05, 0.1) is 12.5 Å². The Labute approximate surface area is 115 Å². The van der Waals surface area contributed by atoms with Gasteiger partial charge in [-0.25, -0.2) is 0 Å². The zero-order chi connectivity index (χ0) is 12.6. The van der Waals surface area contributed by atoms with Gasteiger partial charge in [0.2, 0.25) is 0 Å². The molecule has 0 radical (unpaired) electrons. The van der Waals surface area contributed by atoms with Crippen molar-refractivity contribution in [1.82, 2.24) is 0 Å². The van der Waals surface area contributed by atoms with E-state index in [0.717, 1.165) is 23.5 Å². The van der Waals surface area contributed by atoms with Gasteiger partial charge in [0.15, 0.2) is 0 Å². The molecule has 4 bridgehead atoms. The minimum Gasteiger partial charge on any atom is -0.198 e. The molecule has 1 nitrogen and oxygen atoms in total. The standard InChI is InChI=1S/C16H23NS/c1-2-18-11-15(3-4-17)16-8-12-5-13(9-16)7-14(6-12)10-16/h11-14H,2-3,5-10H2,1H3/b15-11+. The van der Waals surface area contributed by atoms with Crippen molar-refractivity contribution in [3.05, 3.63) is 11.0 Å². The van der Waals surface area contributed by atoms with E-state index in [1.54, 1.807) is 0 Å². The van der Waals surface area contributed by atoms with Gasteiger partial charge in [-0.2, -0.15) is 5.26 Å². The molecule has 2 heteroatoms. The van der Waals surface area contributed by atoms with Gasteiger partial charge in [0.25, 0.3) is 0 Å². The van der Waals surface area contributed by atoms with Crippen LogP contribution in [0.4, 0.5) is 0 Å². The van der Waals surface area contributed by atoms with Crippen LogP contribution >= 0.6 is 11.8 Å². The molecule has 0 atom stereocenters. The van der Waals surface area contributed by atoms with E-state index >= 15 is 0 Å². The second kappa shape index (κ2) is 4.93. The van der Waals surface area contributed by atoms with Crippen molar-refractivity contribution < 1.29 is 0 Å². The average Bonchev–Trinajstić information content (AvgIpc) is 2.32. The first-order valence-electron chi connectivity index (χ1n) is 7.44. The quantitative estimate of drug-likeness (QED) is 0.729.